The Balaban J connectivity index is 1.58. The highest BCUT2D eigenvalue weighted by molar-refractivity contribution is 7.89. The molecule has 0 unspecified atom stereocenters. The van der Waals surface area contributed by atoms with Crippen LogP contribution in [0.15, 0.2) is 53.4 Å². The number of sulfonamides is 1. The summed E-state index contributed by atoms with van der Waals surface area (Å²) >= 11 is 0. The van der Waals surface area contributed by atoms with E-state index in [0.717, 1.165) is 40.7 Å². The second-order valence-electron chi connectivity index (χ2n) is 8.39. The van der Waals surface area contributed by atoms with Crippen molar-refractivity contribution < 1.29 is 35.5 Å². The fourth-order valence-corrected chi connectivity index (χ4v) is 5.24. The number of nitrogens with zero attached hydrogens (tertiary/aromatic N) is 2. The van der Waals surface area contributed by atoms with E-state index in [0.29, 0.717) is 25.4 Å². The van der Waals surface area contributed by atoms with Crippen LogP contribution in [0.25, 0.3) is 0 Å². The third-order valence-corrected chi connectivity index (χ3v) is 7.56. The fraction of sp³-hybridized carbons (Fsp3) is 0.435. The minimum absolute atomic E-state index is 0.0957. The highest BCUT2D eigenvalue weighted by Gasteiger charge is 2.31. The van der Waals surface area contributed by atoms with Gasteiger partial charge in [0.2, 0.25) is 15.9 Å². The van der Waals surface area contributed by atoms with Gasteiger partial charge < -0.3 is 15.0 Å². The van der Waals surface area contributed by atoms with Gasteiger partial charge in [0.25, 0.3) is 0 Å². The van der Waals surface area contributed by atoms with Crippen molar-refractivity contribution >= 4 is 21.6 Å². The van der Waals surface area contributed by atoms with E-state index in [1.165, 1.54) is 12.1 Å². The average molecular weight is 518 g/mol. The molecule has 1 saturated heterocycles. The number of anilines is 1. The Hall–Kier alpha value is -2.70. The summed E-state index contributed by atoms with van der Waals surface area (Å²) in [6.45, 7) is 4.05. The SMILES string of the molecule is CC(C)N(CC(=O)NC[C@H]1CN(c2ccc(C(F)(F)F)cc2)CCO1)S(=O)(=O)c1ccc(F)cc1. The lowest BCUT2D eigenvalue weighted by atomic mass is 10.1. The lowest BCUT2D eigenvalue weighted by Gasteiger charge is -2.35. The molecule has 1 fully saturated rings. The van der Waals surface area contributed by atoms with E-state index in [1.54, 1.807) is 13.8 Å². The van der Waals surface area contributed by atoms with Gasteiger partial charge in [-0.25, -0.2) is 12.8 Å². The van der Waals surface area contributed by atoms with E-state index in [-0.39, 0.29) is 11.4 Å². The number of ether oxygens (including phenoxy) is 1. The van der Waals surface area contributed by atoms with Crippen LogP contribution >= 0.6 is 0 Å². The lowest BCUT2D eigenvalue weighted by Crippen LogP contribution is -2.50. The summed E-state index contributed by atoms with van der Waals surface area (Å²) in [5, 5.41) is 2.67. The number of halogens is 4. The minimum Gasteiger partial charge on any atom is -0.373 e. The second-order valence-corrected chi connectivity index (χ2v) is 10.3. The first-order chi connectivity index (χ1) is 16.4. The standard InChI is InChI=1S/C23H27F4N3O4S/c1-16(2)30(35(32,33)21-9-5-18(24)6-10-21)15-22(31)28-13-20-14-29(11-12-34-20)19-7-3-17(4-8-19)23(25,26)27/h3-10,16,20H,11-15H2,1-2H3,(H,28,31)/t20-/m0/s1. The molecular weight excluding hydrogens is 490 g/mol. The molecule has 1 atom stereocenters. The molecule has 1 heterocycles. The molecule has 2 aromatic rings. The zero-order valence-corrected chi connectivity index (χ0v) is 20.1. The molecule has 192 valence electrons. The summed E-state index contributed by atoms with van der Waals surface area (Å²) < 4.78 is 84.1. The van der Waals surface area contributed by atoms with Gasteiger partial charge >= 0.3 is 6.18 Å². The summed E-state index contributed by atoms with van der Waals surface area (Å²) in [6, 6.07) is 8.65. The summed E-state index contributed by atoms with van der Waals surface area (Å²) in [5.74, 6) is -1.12. The van der Waals surface area contributed by atoms with Gasteiger partial charge in [0.05, 0.1) is 29.7 Å². The number of nitrogens with one attached hydrogen (secondary N) is 1. The van der Waals surface area contributed by atoms with Gasteiger partial charge in [-0.05, 0) is 62.4 Å². The molecule has 0 radical (unpaired) electrons. The van der Waals surface area contributed by atoms with E-state index in [2.05, 4.69) is 5.32 Å². The molecule has 0 bridgehead atoms. The summed E-state index contributed by atoms with van der Waals surface area (Å²) in [4.78, 5) is 14.3. The number of carbonyl (C=O) groups is 1. The zero-order valence-electron chi connectivity index (χ0n) is 19.3. The van der Waals surface area contributed by atoms with Crippen molar-refractivity contribution in [3.63, 3.8) is 0 Å². The van der Waals surface area contributed by atoms with Crippen molar-refractivity contribution in [2.45, 2.75) is 37.1 Å². The summed E-state index contributed by atoms with van der Waals surface area (Å²) in [6.07, 6.45) is -4.85. The van der Waals surface area contributed by atoms with Crippen molar-refractivity contribution in [1.29, 1.82) is 0 Å². The van der Waals surface area contributed by atoms with E-state index >= 15 is 0 Å². The molecule has 1 N–H and O–H groups in total. The van der Waals surface area contributed by atoms with Crippen molar-refractivity contribution in [3.8, 4) is 0 Å². The first-order valence-electron chi connectivity index (χ1n) is 11.0. The van der Waals surface area contributed by atoms with Gasteiger partial charge in [0.1, 0.15) is 5.82 Å². The maximum absolute atomic E-state index is 13.2. The number of amides is 1. The van der Waals surface area contributed by atoms with Crippen molar-refractivity contribution in [3.05, 3.63) is 59.9 Å². The van der Waals surface area contributed by atoms with Crippen molar-refractivity contribution in [2.75, 3.05) is 37.7 Å². The Bertz CT molecular complexity index is 1110. The van der Waals surface area contributed by atoms with Gasteiger partial charge in [-0.3, -0.25) is 4.79 Å². The molecule has 35 heavy (non-hydrogen) atoms. The number of hydrogen-bond donors (Lipinski definition) is 1. The Morgan fingerprint density at radius 2 is 1.77 bits per heavy atom. The zero-order chi connectivity index (χ0) is 25.8. The molecule has 2 aromatic carbocycles. The van der Waals surface area contributed by atoms with Crippen LogP contribution in [-0.2, 0) is 25.7 Å². The Kier molecular flexibility index (Phi) is 8.39. The van der Waals surface area contributed by atoms with Crippen LogP contribution in [0.5, 0.6) is 0 Å². The average Bonchev–Trinajstić information content (AvgIpc) is 2.81. The van der Waals surface area contributed by atoms with Crippen LogP contribution < -0.4 is 10.2 Å². The van der Waals surface area contributed by atoms with Gasteiger partial charge in [-0.1, -0.05) is 0 Å². The van der Waals surface area contributed by atoms with E-state index in [9.17, 15) is 30.8 Å². The molecule has 0 saturated carbocycles. The topological polar surface area (TPSA) is 79.0 Å². The van der Waals surface area contributed by atoms with E-state index < -0.39 is 52.2 Å². The second kappa shape index (κ2) is 10.9. The van der Waals surface area contributed by atoms with Crippen LogP contribution in [0.3, 0.4) is 0 Å². The van der Waals surface area contributed by atoms with Gasteiger partial charge in [-0.2, -0.15) is 17.5 Å². The van der Waals surface area contributed by atoms with Gasteiger partial charge in [0.15, 0.2) is 0 Å². The molecule has 7 nitrogen and oxygen atoms in total. The molecule has 3 rings (SSSR count). The predicted molar refractivity (Wildman–Crippen MR) is 122 cm³/mol. The number of morpholine rings is 1. The number of alkyl halides is 3. The lowest BCUT2D eigenvalue weighted by molar-refractivity contribution is -0.137. The normalized spacial score (nSPS) is 17.1. The third-order valence-electron chi connectivity index (χ3n) is 5.52. The molecule has 0 spiro atoms. The molecule has 1 aliphatic heterocycles. The summed E-state index contributed by atoms with van der Waals surface area (Å²) in [7, 11) is -4.03. The number of rotatable bonds is 8. The number of hydrogen-bond acceptors (Lipinski definition) is 5. The maximum Gasteiger partial charge on any atom is 0.416 e. The monoisotopic (exact) mass is 517 g/mol. The van der Waals surface area contributed by atoms with Crippen LogP contribution in [0, 0.1) is 5.82 Å². The first-order valence-corrected chi connectivity index (χ1v) is 12.4. The maximum atomic E-state index is 13.2. The Morgan fingerprint density at radius 3 is 2.34 bits per heavy atom. The van der Waals surface area contributed by atoms with Gasteiger partial charge in [0, 0.05) is 31.4 Å². The minimum atomic E-state index is -4.41. The molecule has 1 amide bonds. The van der Waals surface area contributed by atoms with Crippen molar-refractivity contribution in [2.24, 2.45) is 0 Å². The molecule has 12 heteroatoms. The Labute approximate surface area is 201 Å². The van der Waals surface area contributed by atoms with Crippen LogP contribution in [-0.4, -0.2) is 63.6 Å². The third kappa shape index (κ3) is 6.92. The predicted octanol–water partition coefficient (Wildman–Crippen LogP) is 3.27. The Morgan fingerprint density at radius 1 is 1.14 bits per heavy atom. The largest absolute Gasteiger partial charge is 0.416 e. The van der Waals surface area contributed by atoms with E-state index in [1.807, 2.05) is 4.90 Å². The number of benzene rings is 2. The van der Waals surface area contributed by atoms with Crippen LogP contribution in [0.2, 0.25) is 0 Å². The quantitative estimate of drug-likeness (QED) is 0.544. The fourth-order valence-electron chi connectivity index (χ4n) is 3.65. The smallest absolute Gasteiger partial charge is 0.373 e. The van der Waals surface area contributed by atoms with Crippen LogP contribution in [0.4, 0.5) is 23.2 Å². The number of carbonyl (C=O) groups excluding carboxylic acids is 1. The van der Waals surface area contributed by atoms with Crippen LogP contribution in [0.1, 0.15) is 19.4 Å². The molecule has 0 aliphatic carbocycles. The highest BCUT2D eigenvalue weighted by Crippen LogP contribution is 2.30. The molecular formula is C23H27F4N3O4S. The first kappa shape index (κ1) is 26.9. The van der Waals surface area contributed by atoms with Gasteiger partial charge in [-0.15, -0.1) is 0 Å². The van der Waals surface area contributed by atoms with E-state index in [4.69, 9.17) is 4.74 Å². The highest BCUT2D eigenvalue weighted by atomic mass is 32.2. The summed E-state index contributed by atoms with van der Waals surface area (Å²) in [5.41, 5.74) is -0.127. The molecule has 1 aliphatic rings. The van der Waals surface area contributed by atoms with Crippen molar-refractivity contribution in [1.82, 2.24) is 9.62 Å². The molecule has 0 aromatic heterocycles.